The number of benzene rings is 2. The molecule has 2 saturated carbocycles. The van der Waals surface area contributed by atoms with Gasteiger partial charge in [-0.3, -0.25) is 4.90 Å². The molecule has 3 heterocycles. The van der Waals surface area contributed by atoms with Crippen LogP contribution < -0.4 is 26.6 Å². The molecule has 3 aliphatic heterocycles. The van der Waals surface area contributed by atoms with E-state index in [1.165, 1.54) is 82.2 Å². The standard InChI is InChI=1S/C66H106ClF6N11/c1-10-49(3)62-46-80(7)36-37-83-34-15-18-57(83)44-82(9)58(39-52-19-23-55(24-20-52)65(68,69)70)43-79(6)35-33-76-56(25-21-53-22-26-60(61(67)40-53)66(71,72)73)27-30-74-31-32-75-47-64(28-13-14-29-64)78-51(5)63(54-16-11-12-17-54)84-42-48(2)38-59(84)45-81(8)50(4)41-77-62/h19-20,22-24,26,33,35,40,43-44,48-51,54,56,59,62-63,74-78H,10-18,21,25,27-32,34,36-39,41-42,45-47H2,1-9H3/t48-,49+,50+,51?,56+,59?,62-,63-/m1/s1. The SMILES string of the molecule is CC[C@H](C)[C@H]1CN(C)CCN2CCCC2=CN(C)C(Cc2ccc(C(F)(F)F)cc2)=CN(C)C=CN[C@@H](CCc2ccc(C(F)(F)F)c(Cl)c2)CCNCCNCC2(CCCC2)NC(C)[C@H](C2CCCC2)N2C[C@H](C)CC2CN(C)[C@@H](C)CN1. The van der Waals surface area contributed by atoms with Crippen molar-refractivity contribution in [3.8, 4) is 0 Å². The van der Waals surface area contributed by atoms with Crippen molar-refractivity contribution in [3.63, 3.8) is 0 Å². The van der Waals surface area contributed by atoms with Crippen LogP contribution in [0.2, 0.25) is 5.02 Å². The fourth-order valence-corrected chi connectivity index (χ4v) is 14.6. The third kappa shape index (κ3) is 20.2. The van der Waals surface area contributed by atoms with Crippen molar-refractivity contribution in [2.24, 2.45) is 17.8 Å². The molecule has 0 amide bonds. The first kappa shape index (κ1) is 67.9. The molecule has 11 nitrogen and oxygen atoms in total. The third-order valence-electron chi connectivity index (χ3n) is 19.5. The number of nitrogens with zero attached hydrogens (tertiary/aromatic N) is 6. The number of nitrogens with one attached hydrogen (secondary N) is 5. The van der Waals surface area contributed by atoms with Gasteiger partial charge in [-0.2, -0.15) is 26.3 Å². The van der Waals surface area contributed by atoms with Crippen LogP contribution in [0.5, 0.6) is 0 Å². The molecule has 474 valence electrons. The summed E-state index contributed by atoms with van der Waals surface area (Å²) in [5.41, 5.74) is 2.19. The number of rotatable bonds is 8. The Morgan fingerprint density at radius 3 is 2.18 bits per heavy atom. The van der Waals surface area contributed by atoms with Gasteiger partial charge in [0.2, 0.25) is 0 Å². The molecule has 2 unspecified atom stereocenters. The number of allylic oxidation sites excluding steroid dienone is 2. The largest absolute Gasteiger partial charge is 0.417 e. The second-order valence-corrected chi connectivity index (χ2v) is 26.7. The summed E-state index contributed by atoms with van der Waals surface area (Å²) >= 11 is 6.18. The molecule has 2 aromatic rings. The van der Waals surface area contributed by atoms with E-state index in [1.54, 1.807) is 12.1 Å². The molecule has 2 saturated heterocycles. The quantitative estimate of drug-likeness (QED) is 0.164. The van der Waals surface area contributed by atoms with E-state index in [2.05, 4.69) is 106 Å². The predicted molar refractivity (Wildman–Crippen MR) is 333 cm³/mol. The molecule has 0 aromatic heterocycles. The molecular formula is C66H106ClF6N11. The number of fused-ring (bicyclic) bond motifs is 2. The van der Waals surface area contributed by atoms with E-state index in [0.717, 1.165) is 126 Å². The normalized spacial score (nSPS) is 28.2. The first-order chi connectivity index (χ1) is 40.0. The Balaban J connectivity index is 1.12. The van der Waals surface area contributed by atoms with Crippen molar-refractivity contribution in [1.82, 2.24) is 56.0 Å². The van der Waals surface area contributed by atoms with Crippen LogP contribution in [0.4, 0.5) is 26.3 Å². The number of hydrogen-bond acceptors (Lipinski definition) is 11. The fourth-order valence-electron chi connectivity index (χ4n) is 14.2. The van der Waals surface area contributed by atoms with Crippen LogP contribution in [0.1, 0.15) is 147 Å². The summed E-state index contributed by atoms with van der Waals surface area (Å²) in [4.78, 5) is 14.7. The number of halogens is 7. The zero-order chi connectivity index (χ0) is 60.6. The smallest absolute Gasteiger partial charge is 0.387 e. The second kappa shape index (κ2) is 32.1. The van der Waals surface area contributed by atoms with Gasteiger partial charge >= 0.3 is 12.4 Å². The number of likely N-dealkylation sites (N-methyl/N-ethyl adjacent to an activating group) is 3. The predicted octanol–water partition coefficient (Wildman–Crippen LogP) is 12.0. The summed E-state index contributed by atoms with van der Waals surface area (Å²) in [5.74, 6) is 1.89. The Morgan fingerprint density at radius 2 is 1.49 bits per heavy atom. The monoisotopic (exact) mass is 1200 g/mol. The minimum atomic E-state index is -4.53. The summed E-state index contributed by atoms with van der Waals surface area (Å²) in [5, 5.41) is 19.3. The number of hydrogen-bond donors (Lipinski definition) is 5. The zero-order valence-corrected chi connectivity index (χ0v) is 53.2. The van der Waals surface area contributed by atoms with Crippen LogP contribution in [0, 0.1) is 17.8 Å². The molecular weight excluding hydrogens is 1100 g/mol. The Kier molecular flexibility index (Phi) is 26.0. The molecule has 5 aliphatic rings. The van der Waals surface area contributed by atoms with E-state index in [-0.39, 0.29) is 16.6 Å². The van der Waals surface area contributed by atoms with Gasteiger partial charge in [-0.25, -0.2) is 0 Å². The number of aryl methyl sites for hydroxylation is 1. The zero-order valence-electron chi connectivity index (χ0n) is 52.5. The molecule has 5 N–H and O–H groups in total. The lowest BCUT2D eigenvalue weighted by atomic mass is 9.87. The summed E-state index contributed by atoms with van der Waals surface area (Å²) in [7, 11) is 8.57. The van der Waals surface area contributed by atoms with Crippen molar-refractivity contribution < 1.29 is 26.3 Å². The van der Waals surface area contributed by atoms with Gasteiger partial charge in [-0.15, -0.1) is 0 Å². The van der Waals surface area contributed by atoms with Gasteiger partial charge in [0.05, 0.1) is 16.1 Å². The van der Waals surface area contributed by atoms with Crippen molar-refractivity contribution in [3.05, 3.63) is 106 Å². The van der Waals surface area contributed by atoms with Crippen molar-refractivity contribution in [2.45, 2.75) is 191 Å². The number of alkyl halides is 6. The van der Waals surface area contributed by atoms with Gasteiger partial charge in [-0.05, 0) is 152 Å². The molecule has 0 bridgehead atoms. The van der Waals surface area contributed by atoms with Crippen LogP contribution >= 0.6 is 11.6 Å². The van der Waals surface area contributed by atoms with Crippen LogP contribution in [0.3, 0.4) is 0 Å². The highest BCUT2D eigenvalue weighted by Gasteiger charge is 2.45. The van der Waals surface area contributed by atoms with Crippen LogP contribution in [-0.2, 0) is 25.2 Å². The average Bonchev–Trinajstić information content (AvgIpc) is 4.20. The van der Waals surface area contributed by atoms with Crippen LogP contribution in [0.15, 0.2) is 78.7 Å². The maximum absolute atomic E-state index is 13.7. The molecule has 2 aromatic carbocycles. The maximum Gasteiger partial charge on any atom is 0.417 e. The minimum Gasteiger partial charge on any atom is -0.387 e. The van der Waals surface area contributed by atoms with E-state index in [9.17, 15) is 26.3 Å². The topological polar surface area (TPSA) is 79.6 Å². The van der Waals surface area contributed by atoms with Gasteiger partial charge < -0.3 is 51.1 Å². The molecule has 0 radical (unpaired) electrons. The highest BCUT2D eigenvalue weighted by molar-refractivity contribution is 6.31. The van der Waals surface area contributed by atoms with Gasteiger partial charge in [0.15, 0.2) is 0 Å². The first-order valence-electron chi connectivity index (χ1n) is 32.1. The lowest BCUT2D eigenvalue weighted by molar-refractivity contribution is -0.138. The van der Waals surface area contributed by atoms with E-state index in [1.807, 2.05) is 37.6 Å². The highest BCUT2D eigenvalue weighted by atomic mass is 35.5. The second-order valence-electron chi connectivity index (χ2n) is 26.3. The average molecular weight is 1200 g/mol. The summed E-state index contributed by atoms with van der Waals surface area (Å²) < 4.78 is 81.9. The molecule has 84 heavy (non-hydrogen) atoms. The van der Waals surface area contributed by atoms with E-state index >= 15 is 0 Å². The van der Waals surface area contributed by atoms with Crippen LogP contribution in [0.25, 0.3) is 0 Å². The minimum absolute atomic E-state index is 0.0196. The molecule has 7 rings (SSSR count). The fraction of sp³-hybridized carbons (Fsp3) is 0.727. The van der Waals surface area contributed by atoms with Crippen LogP contribution in [-0.4, -0.2) is 171 Å². The van der Waals surface area contributed by atoms with Crippen molar-refractivity contribution in [2.75, 3.05) is 100 Å². The van der Waals surface area contributed by atoms with Crippen molar-refractivity contribution in [1.29, 1.82) is 0 Å². The lowest BCUT2D eigenvalue weighted by Crippen LogP contribution is -2.62. The Morgan fingerprint density at radius 1 is 0.774 bits per heavy atom. The Bertz CT molecular complexity index is 2370. The van der Waals surface area contributed by atoms with E-state index in [0.29, 0.717) is 67.2 Å². The van der Waals surface area contributed by atoms with Gasteiger partial charge in [0.25, 0.3) is 0 Å². The van der Waals surface area contributed by atoms with Gasteiger partial charge in [0.1, 0.15) is 0 Å². The first-order valence-corrected chi connectivity index (χ1v) is 32.5. The lowest BCUT2D eigenvalue weighted by Gasteiger charge is -2.45. The van der Waals surface area contributed by atoms with Gasteiger partial charge in [-0.1, -0.05) is 82.7 Å². The van der Waals surface area contributed by atoms with E-state index < -0.39 is 23.5 Å². The maximum atomic E-state index is 13.7. The van der Waals surface area contributed by atoms with E-state index in [4.69, 9.17) is 11.6 Å². The van der Waals surface area contributed by atoms with Gasteiger partial charge in [0, 0.05) is 164 Å². The molecule has 2 aliphatic carbocycles. The molecule has 18 heteroatoms. The highest BCUT2D eigenvalue weighted by Crippen LogP contribution is 2.40. The molecule has 4 fully saturated rings. The summed E-state index contributed by atoms with van der Waals surface area (Å²) in [6.07, 6.45) is 16.0. The summed E-state index contributed by atoms with van der Waals surface area (Å²) in [6.45, 7) is 22.3. The summed E-state index contributed by atoms with van der Waals surface area (Å²) in [6, 6.07) is 11.6. The molecule has 1 spiro atoms. The Labute approximate surface area is 507 Å². The Hall–Kier alpha value is -3.55. The van der Waals surface area contributed by atoms with Crippen molar-refractivity contribution >= 4 is 11.6 Å². The molecule has 8 atom stereocenters. The third-order valence-corrected chi connectivity index (χ3v) is 19.8.